The van der Waals surface area contributed by atoms with E-state index < -0.39 is 0 Å². The highest BCUT2D eigenvalue weighted by atomic mass is 35.5. The van der Waals surface area contributed by atoms with Crippen molar-refractivity contribution in [3.05, 3.63) is 110 Å². The van der Waals surface area contributed by atoms with Gasteiger partial charge in [-0.05, 0) is 36.2 Å². The van der Waals surface area contributed by atoms with Crippen LogP contribution in [-0.2, 0) is 13.0 Å². The van der Waals surface area contributed by atoms with Crippen molar-refractivity contribution in [3.63, 3.8) is 0 Å². The van der Waals surface area contributed by atoms with Gasteiger partial charge in [0, 0.05) is 34.0 Å². The van der Waals surface area contributed by atoms with Gasteiger partial charge in [-0.1, -0.05) is 60.1 Å². The van der Waals surface area contributed by atoms with Gasteiger partial charge in [0.25, 0.3) is 0 Å². The fourth-order valence-corrected chi connectivity index (χ4v) is 3.44. The van der Waals surface area contributed by atoms with E-state index >= 15 is 0 Å². The van der Waals surface area contributed by atoms with Crippen LogP contribution in [0.2, 0.25) is 5.02 Å². The summed E-state index contributed by atoms with van der Waals surface area (Å²) in [5.74, 6) is 0.630. The zero-order valence-corrected chi connectivity index (χ0v) is 16.2. The largest absolute Gasteiger partial charge is 0.489 e. The van der Waals surface area contributed by atoms with Crippen molar-refractivity contribution in [2.24, 2.45) is 0 Å². The molecule has 0 atom stereocenters. The molecule has 0 unspecified atom stereocenters. The molecule has 0 spiro atoms. The number of halogens is 1. The van der Waals surface area contributed by atoms with Crippen LogP contribution in [-0.4, -0.2) is 0 Å². The maximum Gasteiger partial charge on any atom is 0.340 e. The Balaban J connectivity index is 1.63. The summed E-state index contributed by atoms with van der Waals surface area (Å²) in [6.45, 7) is 2.31. The smallest absolute Gasteiger partial charge is 0.340 e. The summed E-state index contributed by atoms with van der Waals surface area (Å²) in [6.07, 6.45) is 0.551. The zero-order chi connectivity index (χ0) is 19.5. The molecule has 0 amide bonds. The predicted octanol–water partition coefficient (Wildman–Crippen LogP) is 5.92. The normalized spacial score (nSPS) is 10.9. The first-order valence-electron chi connectivity index (χ1n) is 9.08. The lowest BCUT2D eigenvalue weighted by Gasteiger charge is -2.11. The number of fused-ring (bicyclic) bond motifs is 1. The molecule has 0 N–H and O–H groups in total. The van der Waals surface area contributed by atoms with Gasteiger partial charge in [-0.15, -0.1) is 0 Å². The molecular weight excluding hydrogens is 372 g/mol. The fraction of sp³-hybridized carbons (Fsp3) is 0.125. The van der Waals surface area contributed by atoms with Gasteiger partial charge in [0.2, 0.25) is 0 Å². The zero-order valence-electron chi connectivity index (χ0n) is 15.4. The fourth-order valence-electron chi connectivity index (χ4n) is 3.25. The highest BCUT2D eigenvalue weighted by Crippen LogP contribution is 2.26. The number of hydrogen-bond donors (Lipinski definition) is 0. The molecule has 0 aliphatic rings. The number of aryl methyl sites for hydroxylation is 1. The van der Waals surface area contributed by atoms with Crippen LogP contribution in [0.5, 0.6) is 5.75 Å². The third kappa shape index (κ3) is 3.80. The van der Waals surface area contributed by atoms with E-state index in [0.717, 1.165) is 22.1 Å². The van der Waals surface area contributed by atoms with Gasteiger partial charge in [0.05, 0.1) is 0 Å². The van der Waals surface area contributed by atoms with Gasteiger partial charge in [-0.2, -0.15) is 0 Å². The third-order valence-corrected chi connectivity index (χ3v) is 5.20. The summed E-state index contributed by atoms with van der Waals surface area (Å²) >= 11 is 6.17. The van der Waals surface area contributed by atoms with Crippen LogP contribution in [0, 0.1) is 6.92 Å². The van der Waals surface area contributed by atoms with Crippen molar-refractivity contribution in [1.29, 1.82) is 0 Å². The number of hydrogen-bond acceptors (Lipinski definition) is 3. The number of rotatable bonds is 5. The van der Waals surface area contributed by atoms with Crippen LogP contribution < -0.4 is 10.4 Å². The van der Waals surface area contributed by atoms with E-state index in [2.05, 4.69) is 0 Å². The van der Waals surface area contributed by atoms with Crippen molar-refractivity contribution in [3.8, 4) is 5.75 Å². The van der Waals surface area contributed by atoms with Crippen molar-refractivity contribution in [1.82, 2.24) is 0 Å². The lowest BCUT2D eigenvalue weighted by molar-refractivity contribution is 0.306. The first kappa shape index (κ1) is 18.3. The maximum absolute atomic E-state index is 12.6. The molecule has 4 aromatic rings. The molecule has 0 aliphatic heterocycles. The van der Waals surface area contributed by atoms with E-state index in [0.29, 0.717) is 34.9 Å². The molecule has 1 heterocycles. The second-order valence-corrected chi connectivity index (χ2v) is 7.10. The molecular formula is C24H19ClO3. The highest BCUT2D eigenvalue weighted by Gasteiger charge is 2.13. The molecule has 0 saturated heterocycles. The van der Waals surface area contributed by atoms with Crippen molar-refractivity contribution >= 4 is 22.6 Å². The summed E-state index contributed by atoms with van der Waals surface area (Å²) in [6, 6.07) is 23.0. The van der Waals surface area contributed by atoms with Gasteiger partial charge >= 0.3 is 5.63 Å². The lowest BCUT2D eigenvalue weighted by Crippen LogP contribution is -2.11. The molecule has 0 radical (unpaired) electrons. The Kier molecular flexibility index (Phi) is 5.18. The van der Waals surface area contributed by atoms with Crippen molar-refractivity contribution in [2.75, 3.05) is 0 Å². The second kappa shape index (κ2) is 7.91. The monoisotopic (exact) mass is 390 g/mol. The van der Waals surface area contributed by atoms with Gasteiger partial charge in [-0.3, -0.25) is 0 Å². The minimum Gasteiger partial charge on any atom is -0.489 e. The van der Waals surface area contributed by atoms with E-state index in [1.807, 2.05) is 73.7 Å². The van der Waals surface area contributed by atoms with Crippen LogP contribution in [0.3, 0.4) is 0 Å². The minimum atomic E-state index is -0.308. The molecule has 28 heavy (non-hydrogen) atoms. The maximum atomic E-state index is 12.6. The molecule has 1 aromatic heterocycles. The SMILES string of the molecule is Cc1c(Cc2ccccc2)c(=O)oc2cc(OCc3ccccc3Cl)ccc12. The van der Waals surface area contributed by atoms with Crippen LogP contribution in [0.1, 0.15) is 22.3 Å². The van der Waals surface area contributed by atoms with E-state index in [4.69, 9.17) is 20.8 Å². The Hall–Kier alpha value is -3.04. The van der Waals surface area contributed by atoms with Crippen molar-refractivity contribution in [2.45, 2.75) is 20.0 Å². The molecule has 0 bridgehead atoms. The highest BCUT2D eigenvalue weighted by molar-refractivity contribution is 6.31. The Morgan fingerprint density at radius 2 is 1.71 bits per heavy atom. The molecule has 0 aliphatic carbocycles. The van der Waals surface area contributed by atoms with E-state index in [-0.39, 0.29) is 5.63 Å². The Bertz CT molecular complexity index is 1180. The van der Waals surface area contributed by atoms with Crippen LogP contribution >= 0.6 is 11.6 Å². The first-order valence-corrected chi connectivity index (χ1v) is 9.46. The number of benzene rings is 3. The average Bonchev–Trinajstić information content (AvgIpc) is 2.71. The first-order chi connectivity index (χ1) is 13.6. The van der Waals surface area contributed by atoms with Gasteiger partial charge in [-0.25, -0.2) is 4.79 Å². The average molecular weight is 391 g/mol. The van der Waals surface area contributed by atoms with Crippen LogP contribution in [0.4, 0.5) is 0 Å². The molecule has 3 nitrogen and oxygen atoms in total. The standard InChI is InChI=1S/C24H19ClO3/c1-16-20-12-11-19(27-15-18-9-5-6-10-22(18)25)14-23(20)28-24(26)21(16)13-17-7-3-2-4-8-17/h2-12,14H,13,15H2,1H3. The molecule has 4 heteroatoms. The van der Waals surface area contributed by atoms with E-state index in [9.17, 15) is 4.79 Å². The van der Waals surface area contributed by atoms with E-state index in [1.54, 1.807) is 6.07 Å². The van der Waals surface area contributed by atoms with Gasteiger partial charge < -0.3 is 9.15 Å². The summed E-state index contributed by atoms with van der Waals surface area (Å²) in [5, 5.41) is 1.58. The van der Waals surface area contributed by atoms with E-state index in [1.165, 1.54) is 0 Å². The lowest BCUT2D eigenvalue weighted by atomic mass is 10.00. The summed E-state index contributed by atoms with van der Waals surface area (Å²) in [4.78, 5) is 12.6. The Labute approximate surface area is 168 Å². The van der Waals surface area contributed by atoms with Crippen molar-refractivity contribution < 1.29 is 9.15 Å². The molecule has 4 rings (SSSR count). The minimum absolute atomic E-state index is 0.308. The third-order valence-electron chi connectivity index (χ3n) is 4.83. The number of ether oxygens (including phenoxy) is 1. The molecule has 3 aromatic carbocycles. The summed E-state index contributed by atoms with van der Waals surface area (Å²) in [7, 11) is 0. The summed E-state index contributed by atoms with van der Waals surface area (Å²) in [5.41, 5.74) is 3.82. The Morgan fingerprint density at radius 1 is 0.964 bits per heavy atom. The van der Waals surface area contributed by atoms with Crippen LogP contribution in [0.25, 0.3) is 11.0 Å². The van der Waals surface area contributed by atoms with Crippen LogP contribution in [0.15, 0.2) is 82.0 Å². The van der Waals surface area contributed by atoms with Gasteiger partial charge in [0.1, 0.15) is 17.9 Å². The summed E-state index contributed by atoms with van der Waals surface area (Å²) < 4.78 is 11.4. The Morgan fingerprint density at radius 3 is 2.50 bits per heavy atom. The predicted molar refractivity (Wildman–Crippen MR) is 112 cm³/mol. The molecule has 0 fully saturated rings. The quantitative estimate of drug-likeness (QED) is 0.397. The van der Waals surface area contributed by atoms with Gasteiger partial charge in [0.15, 0.2) is 0 Å². The molecule has 140 valence electrons. The second-order valence-electron chi connectivity index (χ2n) is 6.69. The molecule has 0 saturated carbocycles. The topological polar surface area (TPSA) is 39.4 Å².